The number of benzene rings is 1. The molecule has 2 aromatic rings. The van der Waals surface area contributed by atoms with Crippen molar-refractivity contribution in [1.82, 2.24) is 10.3 Å². The van der Waals surface area contributed by atoms with Gasteiger partial charge in [-0.15, -0.1) is 0 Å². The maximum atomic E-state index is 12.1. The average Bonchev–Trinajstić information content (AvgIpc) is 2.47. The second kappa shape index (κ2) is 4.96. The van der Waals surface area contributed by atoms with Crippen LogP contribution in [-0.2, 0) is 0 Å². The summed E-state index contributed by atoms with van der Waals surface area (Å²) in [5, 5.41) is 6.20. The molecule has 0 bridgehead atoms. The molecular formula is C16H17N3O. The van der Waals surface area contributed by atoms with Crippen LogP contribution in [0.5, 0.6) is 0 Å². The summed E-state index contributed by atoms with van der Waals surface area (Å²) in [5.74, 6) is 1.04. The zero-order valence-electron chi connectivity index (χ0n) is 11.6. The number of pyridine rings is 1. The highest BCUT2D eigenvalue weighted by Crippen LogP contribution is 2.25. The number of hydrogen-bond donors (Lipinski definition) is 2. The van der Waals surface area contributed by atoms with E-state index in [-0.39, 0.29) is 12.1 Å². The number of anilines is 1. The lowest BCUT2D eigenvalue weighted by molar-refractivity contribution is 0.0935. The summed E-state index contributed by atoms with van der Waals surface area (Å²) in [7, 11) is 0. The maximum Gasteiger partial charge on any atom is 0.256 e. The van der Waals surface area contributed by atoms with Crippen molar-refractivity contribution in [3.05, 3.63) is 59.3 Å². The summed E-state index contributed by atoms with van der Waals surface area (Å²) in [6.07, 6.45) is 1.45. The van der Waals surface area contributed by atoms with Gasteiger partial charge in [0.25, 0.3) is 5.91 Å². The molecule has 1 aromatic heterocycles. The largest absolute Gasteiger partial charge is 0.346 e. The van der Waals surface area contributed by atoms with Gasteiger partial charge in [0.2, 0.25) is 0 Å². The molecule has 3 rings (SSSR count). The number of hydrogen-bond acceptors (Lipinski definition) is 3. The Morgan fingerprint density at radius 2 is 1.85 bits per heavy atom. The van der Waals surface area contributed by atoms with E-state index in [0.29, 0.717) is 17.3 Å². The molecule has 1 unspecified atom stereocenters. The van der Waals surface area contributed by atoms with E-state index in [9.17, 15) is 4.79 Å². The van der Waals surface area contributed by atoms with E-state index in [1.807, 2.05) is 12.1 Å². The highest BCUT2D eigenvalue weighted by molar-refractivity contribution is 6.00. The summed E-state index contributed by atoms with van der Waals surface area (Å²) < 4.78 is 0. The summed E-state index contributed by atoms with van der Waals surface area (Å²) in [6, 6.07) is 11.8. The van der Waals surface area contributed by atoms with Crippen LogP contribution in [0.25, 0.3) is 0 Å². The number of carbonyl (C=O) groups is 1. The fourth-order valence-corrected chi connectivity index (χ4v) is 2.33. The van der Waals surface area contributed by atoms with E-state index in [1.165, 1.54) is 5.56 Å². The van der Waals surface area contributed by atoms with Crippen molar-refractivity contribution >= 4 is 11.7 Å². The maximum absolute atomic E-state index is 12.1. The van der Waals surface area contributed by atoms with E-state index < -0.39 is 0 Å². The predicted molar refractivity (Wildman–Crippen MR) is 78.6 cm³/mol. The topological polar surface area (TPSA) is 54.0 Å². The first-order valence-corrected chi connectivity index (χ1v) is 6.77. The lowest BCUT2D eigenvalue weighted by atomic mass is 10.0. The molecule has 2 N–H and O–H groups in total. The van der Waals surface area contributed by atoms with Crippen LogP contribution in [0.4, 0.5) is 5.82 Å². The number of carbonyl (C=O) groups excluding carboxylic acids is 1. The summed E-state index contributed by atoms with van der Waals surface area (Å²) >= 11 is 0. The van der Waals surface area contributed by atoms with Crippen molar-refractivity contribution in [2.24, 2.45) is 0 Å². The van der Waals surface area contributed by atoms with Crippen LogP contribution in [0, 0.1) is 0 Å². The smallest absolute Gasteiger partial charge is 0.256 e. The number of aromatic nitrogens is 1. The Balaban J connectivity index is 1.88. The predicted octanol–water partition coefficient (Wildman–Crippen LogP) is 3.06. The monoisotopic (exact) mass is 267 g/mol. The van der Waals surface area contributed by atoms with Gasteiger partial charge >= 0.3 is 0 Å². The van der Waals surface area contributed by atoms with Crippen molar-refractivity contribution in [2.75, 3.05) is 5.32 Å². The van der Waals surface area contributed by atoms with E-state index in [4.69, 9.17) is 0 Å². The van der Waals surface area contributed by atoms with E-state index in [1.54, 1.807) is 18.3 Å². The Labute approximate surface area is 118 Å². The molecule has 4 heteroatoms. The zero-order chi connectivity index (χ0) is 14.1. The summed E-state index contributed by atoms with van der Waals surface area (Å²) in [6.45, 7) is 4.33. The first kappa shape index (κ1) is 12.7. The molecule has 1 aliphatic rings. The van der Waals surface area contributed by atoms with Gasteiger partial charge in [-0.3, -0.25) is 4.79 Å². The second-order valence-corrected chi connectivity index (χ2v) is 5.27. The van der Waals surface area contributed by atoms with Gasteiger partial charge in [0.15, 0.2) is 0 Å². The fourth-order valence-electron chi connectivity index (χ4n) is 2.33. The van der Waals surface area contributed by atoms with Crippen molar-refractivity contribution in [2.45, 2.75) is 25.9 Å². The van der Waals surface area contributed by atoms with Crippen LogP contribution in [0.2, 0.25) is 0 Å². The number of nitrogens with one attached hydrogen (secondary N) is 2. The number of amides is 1. The van der Waals surface area contributed by atoms with Gasteiger partial charge in [-0.2, -0.15) is 0 Å². The highest BCUT2D eigenvalue weighted by Gasteiger charge is 2.24. The van der Waals surface area contributed by atoms with Crippen LogP contribution < -0.4 is 10.6 Å². The Kier molecular flexibility index (Phi) is 3.14. The molecule has 0 fully saturated rings. The van der Waals surface area contributed by atoms with Gasteiger partial charge in [0.1, 0.15) is 12.0 Å². The third kappa shape index (κ3) is 2.25. The van der Waals surface area contributed by atoms with Crippen LogP contribution in [0.3, 0.4) is 0 Å². The molecule has 0 saturated carbocycles. The van der Waals surface area contributed by atoms with Crippen LogP contribution in [0.15, 0.2) is 42.6 Å². The van der Waals surface area contributed by atoms with E-state index in [0.717, 1.165) is 5.56 Å². The molecule has 20 heavy (non-hydrogen) atoms. The molecule has 0 spiro atoms. The van der Waals surface area contributed by atoms with Crippen molar-refractivity contribution in [3.63, 3.8) is 0 Å². The number of nitrogens with zero attached hydrogens (tertiary/aromatic N) is 1. The molecule has 102 valence electrons. The van der Waals surface area contributed by atoms with Crippen molar-refractivity contribution in [3.8, 4) is 0 Å². The number of rotatable bonds is 2. The molecule has 1 atom stereocenters. The van der Waals surface area contributed by atoms with Gasteiger partial charge in [-0.1, -0.05) is 38.1 Å². The molecule has 2 heterocycles. The van der Waals surface area contributed by atoms with Gasteiger partial charge in [0.05, 0.1) is 5.56 Å². The van der Waals surface area contributed by atoms with E-state index in [2.05, 4.69) is 41.6 Å². The standard InChI is InChI=1S/C16H17N3O/c1-10(2)11-5-7-12(8-6-11)14-18-15-13(16(20)19-14)4-3-9-17-15/h3-10,14H,1-2H3,(H,17,18)(H,19,20). The van der Waals surface area contributed by atoms with Gasteiger partial charge in [0, 0.05) is 6.20 Å². The van der Waals surface area contributed by atoms with Gasteiger partial charge in [-0.25, -0.2) is 4.98 Å². The Bertz CT molecular complexity index is 634. The first-order valence-electron chi connectivity index (χ1n) is 6.77. The molecule has 0 radical (unpaired) electrons. The average molecular weight is 267 g/mol. The van der Waals surface area contributed by atoms with Crippen molar-refractivity contribution in [1.29, 1.82) is 0 Å². The Morgan fingerprint density at radius 1 is 1.10 bits per heavy atom. The minimum atomic E-state index is -0.230. The third-order valence-corrected chi connectivity index (χ3v) is 3.55. The van der Waals surface area contributed by atoms with Crippen LogP contribution in [-0.4, -0.2) is 10.9 Å². The van der Waals surface area contributed by atoms with Gasteiger partial charge in [-0.05, 0) is 29.2 Å². The normalized spacial score (nSPS) is 17.4. The molecule has 0 saturated heterocycles. The second-order valence-electron chi connectivity index (χ2n) is 5.27. The lowest BCUT2D eigenvalue weighted by Crippen LogP contribution is -2.38. The van der Waals surface area contributed by atoms with Crippen LogP contribution >= 0.6 is 0 Å². The van der Waals surface area contributed by atoms with E-state index >= 15 is 0 Å². The first-order chi connectivity index (χ1) is 9.65. The summed E-state index contributed by atoms with van der Waals surface area (Å²) in [4.78, 5) is 16.3. The Morgan fingerprint density at radius 3 is 2.55 bits per heavy atom. The SMILES string of the molecule is CC(C)c1ccc(C2NC(=O)c3cccnc3N2)cc1. The molecule has 0 aliphatic carbocycles. The van der Waals surface area contributed by atoms with Gasteiger partial charge < -0.3 is 10.6 Å². The molecular weight excluding hydrogens is 250 g/mol. The number of fused-ring (bicyclic) bond motifs is 1. The zero-order valence-corrected chi connectivity index (χ0v) is 11.6. The third-order valence-electron chi connectivity index (χ3n) is 3.55. The Hall–Kier alpha value is -2.36. The molecule has 4 nitrogen and oxygen atoms in total. The minimum Gasteiger partial charge on any atom is -0.346 e. The summed E-state index contributed by atoms with van der Waals surface area (Å²) in [5.41, 5.74) is 2.90. The minimum absolute atomic E-state index is 0.0928. The highest BCUT2D eigenvalue weighted by atomic mass is 16.2. The van der Waals surface area contributed by atoms with Crippen LogP contribution in [0.1, 0.15) is 47.4 Å². The molecule has 1 aromatic carbocycles. The van der Waals surface area contributed by atoms with Crippen molar-refractivity contribution < 1.29 is 4.79 Å². The quantitative estimate of drug-likeness (QED) is 0.879. The fraction of sp³-hybridized carbons (Fsp3) is 0.250. The molecule has 1 aliphatic heterocycles. The lowest BCUT2D eigenvalue weighted by Gasteiger charge is -2.27. The molecule has 1 amide bonds.